The molecule has 1 unspecified atom stereocenters. The van der Waals surface area contributed by atoms with E-state index in [1.165, 1.54) is 0 Å². The molecule has 1 amide bonds. The molecule has 0 aliphatic heterocycles. The van der Waals surface area contributed by atoms with Crippen molar-refractivity contribution in [3.05, 3.63) is 29.6 Å². The zero-order chi connectivity index (χ0) is 10.0. The summed E-state index contributed by atoms with van der Waals surface area (Å²) in [4.78, 5) is 13.4. The van der Waals surface area contributed by atoms with Gasteiger partial charge in [-0.15, -0.1) is 0 Å². The summed E-state index contributed by atoms with van der Waals surface area (Å²) in [6, 6.07) is 0.616. The predicted molar refractivity (Wildman–Crippen MR) is 38.3 cm³/mol. The van der Waals surface area contributed by atoms with Gasteiger partial charge in [0.05, 0.1) is 6.20 Å². The number of nitrogens with zero attached hydrogens (tertiary/aromatic N) is 1. The number of carbonyl (C=O) groups excluding carboxylic acids is 1. The Balaban J connectivity index is 3.12. The number of primary amides is 1. The van der Waals surface area contributed by atoms with E-state index in [0.717, 1.165) is 0 Å². The molecule has 0 saturated carbocycles. The molecule has 1 rings (SSSR count). The van der Waals surface area contributed by atoms with Crippen molar-refractivity contribution in [2.45, 2.75) is 6.10 Å². The van der Waals surface area contributed by atoms with Crippen LogP contribution in [0, 0.1) is 11.8 Å². The molecule has 0 spiro atoms. The second-order valence-corrected chi connectivity index (χ2v) is 2.33. The van der Waals surface area contributed by atoms with Gasteiger partial charge < -0.3 is 10.8 Å². The zero-order valence-corrected chi connectivity index (χ0v) is 6.37. The van der Waals surface area contributed by atoms with E-state index in [2.05, 4.69) is 10.7 Å². The van der Waals surface area contributed by atoms with Crippen LogP contribution in [0.3, 0.4) is 0 Å². The summed E-state index contributed by atoms with van der Waals surface area (Å²) in [7, 11) is 0. The Hall–Kier alpha value is -1.56. The van der Waals surface area contributed by atoms with Crippen molar-refractivity contribution < 1.29 is 18.7 Å². The van der Waals surface area contributed by atoms with E-state index >= 15 is 0 Å². The second-order valence-electron chi connectivity index (χ2n) is 2.33. The standard InChI is InChI=1S/C7H6F2N2O2/c8-4-2-11-5(9)1-3(4)6(12)7(10)13/h1-2,6,12H,(H2,10,13). The van der Waals surface area contributed by atoms with Gasteiger partial charge in [-0.2, -0.15) is 4.39 Å². The van der Waals surface area contributed by atoms with Crippen LogP contribution >= 0.6 is 0 Å². The molecule has 0 bridgehead atoms. The van der Waals surface area contributed by atoms with Crippen molar-refractivity contribution in [2.24, 2.45) is 5.73 Å². The highest BCUT2D eigenvalue weighted by Crippen LogP contribution is 2.16. The molecular formula is C7H6F2N2O2. The maximum absolute atomic E-state index is 12.8. The van der Waals surface area contributed by atoms with E-state index in [1.54, 1.807) is 0 Å². The fraction of sp³-hybridized carbons (Fsp3) is 0.143. The molecule has 1 heterocycles. The molecule has 4 nitrogen and oxygen atoms in total. The number of aliphatic hydroxyl groups excluding tert-OH is 1. The van der Waals surface area contributed by atoms with Crippen LogP contribution in [0.5, 0.6) is 0 Å². The Labute approximate surface area is 72.0 Å². The van der Waals surface area contributed by atoms with Gasteiger partial charge in [0.1, 0.15) is 5.82 Å². The first kappa shape index (κ1) is 9.53. The Bertz CT molecular complexity index is 343. The number of hydrogen-bond acceptors (Lipinski definition) is 3. The number of aliphatic hydroxyl groups is 1. The highest BCUT2D eigenvalue weighted by atomic mass is 19.1. The van der Waals surface area contributed by atoms with Crippen molar-refractivity contribution in [3.8, 4) is 0 Å². The predicted octanol–water partition coefficient (Wildman–Crippen LogP) is -0.121. The van der Waals surface area contributed by atoms with Crippen LogP contribution in [0.2, 0.25) is 0 Å². The normalized spacial score (nSPS) is 12.5. The molecule has 70 valence electrons. The van der Waals surface area contributed by atoms with Gasteiger partial charge in [0.15, 0.2) is 6.10 Å². The number of pyridine rings is 1. The van der Waals surface area contributed by atoms with E-state index in [0.29, 0.717) is 12.3 Å². The van der Waals surface area contributed by atoms with Gasteiger partial charge in [-0.1, -0.05) is 0 Å². The number of amides is 1. The van der Waals surface area contributed by atoms with Crippen molar-refractivity contribution in [1.29, 1.82) is 0 Å². The van der Waals surface area contributed by atoms with Crippen LogP contribution in [0.15, 0.2) is 12.3 Å². The van der Waals surface area contributed by atoms with Crippen LogP contribution in [-0.2, 0) is 4.79 Å². The summed E-state index contributed by atoms with van der Waals surface area (Å²) in [6.07, 6.45) is -1.28. The number of halogens is 2. The molecule has 13 heavy (non-hydrogen) atoms. The lowest BCUT2D eigenvalue weighted by Gasteiger charge is -2.06. The first-order valence-corrected chi connectivity index (χ1v) is 3.30. The zero-order valence-electron chi connectivity index (χ0n) is 6.37. The summed E-state index contributed by atoms with van der Waals surface area (Å²) < 4.78 is 25.2. The van der Waals surface area contributed by atoms with E-state index in [1.807, 2.05) is 0 Å². The Morgan fingerprint density at radius 1 is 1.62 bits per heavy atom. The number of hydrogen-bond donors (Lipinski definition) is 2. The Kier molecular flexibility index (Phi) is 2.52. The highest BCUT2D eigenvalue weighted by Gasteiger charge is 2.19. The van der Waals surface area contributed by atoms with Gasteiger partial charge in [-0.25, -0.2) is 9.37 Å². The van der Waals surface area contributed by atoms with E-state index < -0.39 is 29.3 Å². The van der Waals surface area contributed by atoms with Gasteiger partial charge >= 0.3 is 0 Å². The summed E-state index contributed by atoms with van der Waals surface area (Å²) >= 11 is 0. The number of nitrogens with two attached hydrogens (primary N) is 1. The minimum atomic E-state index is -1.85. The molecule has 1 aromatic rings. The fourth-order valence-corrected chi connectivity index (χ4v) is 0.790. The smallest absolute Gasteiger partial charge is 0.251 e. The third-order valence-corrected chi connectivity index (χ3v) is 1.42. The lowest BCUT2D eigenvalue weighted by atomic mass is 10.1. The average molecular weight is 188 g/mol. The van der Waals surface area contributed by atoms with E-state index in [9.17, 15) is 13.6 Å². The van der Waals surface area contributed by atoms with E-state index in [4.69, 9.17) is 5.11 Å². The SMILES string of the molecule is NC(=O)C(O)c1cc(F)ncc1F. The molecular weight excluding hydrogens is 182 g/mol. The van der Waals surface area contributed by atoms with Crippen molar-refractivity contribution in [1.82, 2.24) is 4.98 Å². The van der Waals surface area contributed by atoms with Crippen molar-refractivity contribution >= 4 is 5.91 Å². The monoisotopic (exact) mass is 188 g/mol. The Morgan fingerprint density at radius 2 is 2.23 bits per heavy atom. The largest absolute Gasteiger partial charge is 0.378 e. The minimum absolute atomic E-state index is 0.514. The first-order valence-electron chi connectivity index (χ1n) is 3.30. The molecule has 1 aromatic heterocycles. The third-order valence-electron chi connectivity index (χ3n) is 1.42. The molecule has 0 saturated heterocycles. The fourth-order valence-electron chi connectivity index (χ4n) is 0.790. The Morgan fingerprint density at radius 3 is 2.77 bits per heavy atom. The summed E-state index contributed by atoms with van der Waals surface area (Å²) in [5.41, 5.74) is 4.17. The molecule has 1 atom stereocenters. The lowest BCUT2D eigenvalue weighted by Crippen LogP contribution is -2.22. The summed E-state index contributed by atoms with van der Waals surface area (Å²) in [5.74, 6) is -3.12. The molecule has 6 heteroatoms. The molecule has 0 radical (unpaired) electrons. The van der Waals surface area contributed by atoms with Gasteiger partial charge in [0.25, 0.3) is 5.91 Å². The maximum Gasteiger partial charge on any atom is 0.251 e. The number of aromatic nitrogens is 1. The first-order chi connectivity index (χ1) is 6.02. The van der Waals surface area contributed by atoms with Crippen LogP contribution < -0.4 is 5.73 Å². The van der Waals surface area contributed by atoms with Crippen LogP contribution in [-0.4, -0.2) is 16.0 Å². The highest BCUT2D eigenvalue weighted by molar-refractivity contribution is 5.80. The van der Waals surface area contributed by atoms with Gasteiger partial charge in [-0.05, 0) is 0 Å². The third kappa shape index (κ3) is 1.97. The van der Waals surface area contributed by atoms with Crippen LogP contribution in [0.25, 0.3) is 0 Å². The maximum atomic E-state index is 12.8. The quantitative estimate of drug-likeness (QED) is 0.635. The molecule has 0 fully saturated rings. The summed E-state index contributed by atoms with van der Waals surface area (Å²) in [6.45, 7) is 0. The molecule has 0 aliphatic carbocycles. The lowest BCUT2D eigenvalue weighted by molar-refractivity contribution is -0.126. The van der Waals surface area contributed by atoms with Crippen molar-refractivity contribution in [3.63, 3.8) is 0 Å². The summed E-state index contributed by atoms with van der Waals surface area (Å²) in [5, 5.41) is 8.99. The van der Waals surface area contributed by atoms with E-state index in [-0.39, 0.29) is 0 Å². The molecule has 3 N–H and O–H groups in total. The van der Waals surface area contributed by atoms with Gasteiger partial charge in [0, 0.05) is 11.6 Å². The number of rotatable bonds is 2. The van der Waals surface area contributed by atoms with Crippen LogP contribution in [0.1, 0.15) is 11.7 Å². The minimum Gasteiger partial charge on any atom is -0.378 e. The number of carbonyl (C=O) groups is 1. The second kappa shape index (κ2) is 3.44. The average Bonchev–Trinajstić information content (AvgIpc) is 2.08. The molecule has 0 aliphatic rings. The van der Waals surface area contributed by atoms with Crippen molar-refractivity contribution in [2.75, 3.05) is 0 Å². The van der Waals surface area contributed by atoms with Crippen LogP contribution in [0.4, 0.5) is 8.78 Å². The van der Waals surface area contributed by atoms with Gasteiger partial charge in [-0.3, -0.25) is 4.79 Å². The van der Waals surface area contributed by atoms with Gasteiger partial charge in [0.2, 0.25) is 5.95 Å². The topological polar surface area (TPSA) is 76.2 Å². The molecule has 0 aromatic carbocycles.